The van der Waals surface area contributed by atoms with Crippen LogP contribution in [-0.2, 0) is 4.74 Å². The molecule has 5 N–H and O–H groups in total. The number of nitrogens with two attached hydrogens (primary N) is 2. The van der Waals surface area contributed by atoms with E-state index in [0.29, 0.717) is 25.2 Å². The molecule has 0 aromatic carbocycles. The van der Waals surface area contributed by atoms with Crippen molar-refractivity contribution in [1.82, 2.24) is 5.32 Å². The molecule has 1 rings (SSSR count). The molecule has 0 radical (unpaired) electrons. The lowest BCUT2D eigenvalue weighted by Crippen LogP contribution is -2.32. The maximum absolute atomic E-state index is 10.2. The van der Waals surface area contributed by atoms with Crippen LogP contribution in [0.1, 0.15) is 19.3 Å². The minimum atomic E-state index is -0.718. The van der Waals surface area contributed by atoms with Gasteiger partial charge in [0.15, 0.2) is 0 Å². The van der Waals surface area contributed by atoms with Gasteiger partial charge in [-0.05, 0) is 19.3 Å². The van der Waals surface area contributed by atoms with Crippen LogP contribution < -0.4 is 16.8 Å². The predicted octanol–water partition coefficient (Wildman–Crippen LogP) is -0.449. The Morgan fingerprint density at radius 3 is 2.85 bits per heavy atom. The van der Waals surface area contributed by atoms with E-state index in [0.717, 1.165) is 19.3 Å². The van der Waals surface area contributed by atoms with Crippen LogP contribution >= 0.6 is 0 Å². The van der Waals surface area contributed by atoms with Gasteiger partial charge in [-0.3, -0.25) is 0 Å². The molecule has 0 saturated heterocycles. The van der Waals surface area contributed by atoms with Gasteiger partial charge in [-0.2, -0.15) is 0 Å². The van der Waals surface area contributed by atoms with Gasteiger partial charge in [0.05, 0.1) is 0 Å². The lowest BCUT2D eigenvalue weighted by atomic mass is 10.2. The molecule has 5 nitrogen and oxygen atoms in total. The predicted molar refractivity (Wildman–Crippen MR) is 49.2 cm³/mol. The van der Waals surface area contributed by atoms with E-state index < -0.39 is 6.09 Å². The van der Waals surface area contributed by atoms with Gasteiger partial charge in [-0.1, -0.05) is 0 Å². The van der Waals surface area contributed by atoms with E-state index >= 15 is 0 Å². The Labute approximate surface area is 77.8 Å². The van der Waals surface area contributed by atoms with E-state index in [1.165, 1.54) is 0 Å². The summed E-state index contributed by atoms with van der Waals surface area (Å²) in [5.41, 5.74) is 10.5. The maximum atomic E-state index is 10.2. The Kier molecular flexibility index (Phi) is 3.98. The molecule has 0 aliphatic heterocycles. The summed E-state index contributed by atoms with van der Waals surface area (Å²) >= 11 is 0. The molecule has 1 aliphatic rings. The molecular weight excluding hydrogens is 170 g/mol. The summed E-state index contributed by atoms with van der Waals surface area (Å²) in [6.07, 6.45) is 2.48. The van der Waals surface area contributed by atoms with Gasteiger partial charge >= 0.3 is 6.09 Å². The fraction of sp³-hybridized carbons (Fsp3) is 0.875. The standard InChI is InChI=1S/C8H17N3O2/c9-6-1-2-7(5-6)11-3-4-13-8(10)12/h6-7,11H,1-5,9H2,(H2,10,12). The molecule has 1 aliphatic carbocycles. The second-order valence-corrected chi connectivity index (χ2v) is 3.39. The molecule has 1 amide bonds. The van der Waals surface area contributed by atoms with E-state index in [4.69, 9.17) is 11.5 Å². The SMILES string of the molecule is NC(=O)OCCNC1CCC(N)C1. The monoisotopic (exact) mass is 187 g/mol. The molecule has 0 spiro atoms. The highest BCUT2D eigenvalue weighted by Crippen LogP contribution is 2.16. The number of carbonyl (C=O) groups excluding carboxylic acids is 1. The van der Waals surface area contributed by atoms with E-state index in [2.05, 4.69) is 10.1 Å². The maximum Gasteiger partial charge on any atom is 0.404 e. The lowest BCUT2D eigenvalue weighted by Gasteiger charge is -2.11. The summed E-state index contributed by atoms with van der Waals surface area (Å²) in [5.74, 6) is 0. The van der Waals surface area contributed by atoms with Crippen molar-refractivity contribution >= 4 is 6.09 Å². The first kappa shape index (κ1) is 10.3. The van der Waals surface area contributed by atoms with E-state index in [9.17, 15) is 4.79 Å². The average molecular weight is 187 g/mol. The van der Waals surface area contributed by atoms with Gasteiger partial charge in [0, 0.05) is 18.6 Å². The number of rotatable bonds is 4. The summed E-state index contributed by atoms with van der Waals surface area (Å²) in [6.45, 7) is 0.987. The van der Waals surface area contributed by atoms with Gasteiger partial charge < -0.3 is 21.5 Å². The molecular formula is C8H17N3O2. The summed E-state index contributed by atoms with van der Waals surface area (Å²) in [7, 11) is 0. The molecule has 13 heavy (non-hydrogen) atoms. The van der Waals surface area contributed by atoms with Gasteiger partial charge in [0.2, 0.25) is 0 Å². The summed E-state index contributed by atoms with van der Waals surface area (Å²) in [4.78, 5) is 10.2. The largest absolute Gasteiger partial charge is 0.448 e. The van der Waals surface area contributed by atoms with Crippen LogP contribution in [0, 0.1) is 0 Å². The molecule has 0 aromatic rings. The molecule has 0 aromatic heterocycles. The van der Waals surface area contributed by atoms with Crippen LogP contribution in [0.25, 0.3) is 0 Å². The third kappa shape index (κ3) is 4.10. The van der Waals surface area contributed by atoms with Crippen molar-refractivity contribution in [2.45, 2.75) is 31.3 Å². The van der Waals surface area contributed by atoms with E-state index in [1.54, 1.807) is 0 Å². The second kappa shape index (κ2) is 5.04. The molecule has 1 fully saturated rings. The van der Waals surface area contributed by atoms with Crippen molar-refractivity contribution in [2.24, 2.45) is 11.5 Å². The summed E-state index contributed by atoms with van der Waals surface area (Å²) in [5, 5.41) is 3.25. The fourth-order valence-corrected chi connectivity index (χ4v) is 1.62. The first-order valence-corrected chi connectivity index (χ1v) is 4.59. The topological polar surface area (TPSA) is 90.4 Å². The zero-order valence-electron chi connectivity index (χ0n) is 7.66. The highest BCUT2D eigenvalue weighted by Gasteiger charge is 2.20. The van der Waals surface area contributed by atoms with Gasteiger partial charge in [-0.25, -0.2) is 4.79 Å². The Balaban J connectivity index is 1.97. The van der Waals surface area contributed by atoms with Crippen molar-refractivity contribution in [3.8, 4) is 0 Å². The third-order valence-electron chi connectivity index (χ3n) is 2.25. The fourth-order valence-electron chi connectivity index (χ4n) is 1.62. The van der Waals surface area contributed by atoms with E-state index in [1.807, 2.05) is 0 Å². The highest BCUT2D eigenvalue weighted by atomic mass is 16.5. The quantitative estimate of drug-likeness (QED) is 0.520. The molecule has 2 unspecified atom stereocenters. The first-order valence-electron chi connectivity index (χ1n) is 4.59. The number of carbonyl (C=O) groups is 1. The third-order valence-corrected chi connectivity index (χ3v) is 2.25. The zero-order valence-corrected chi connectivity index (χ0v) is 7.66. The number of nitrogens with one attached hydrogen (secondary N) is 1. The molecule has 2 atom stereocenters. The Bertz CT molecular complexity index is 175. The smallest absolute Gasteiger partial charge is 0.404 e. The number of ether oxygens (including phenoxy) is 1. The average Bonchev–Trinajstić information content (AvgIpc) is 2.45. The molecule has 0 heterocycles. The number of primary amides is 1. The van der Waals surface area contributed by atoms with Gasteiger partial charge in [-0.15, -0.1) is 0 Å². The number of hydrogen-bond acceptors (Lipinski definition) is 4. The normalized spacial score (nSPS) is 27.5. The Morgan fingerprint density at radius 1 is 1.54 bits per heavy atom. The van der Waals surface area contributed by atoms with Crippen LogP contribution in [0.5, 0.6) is 0 Å². The Hall–Kier alpha value is -0.810. The summed E-state index contributed by atoms with van der Waals surface area (Å²) < 4.78 is 4.57. The summed E-state index contributed by atoms with van der Waals surface area (Å²) in [6, 6.07) is 0.807. The highest BCUT2D eigenvalue weighted by molar-refractivity contribution is 5.64. The first-order chi connectivity index (χ1) is 6.18. The van der Waals surface area contributed by atoms with Gasteiger partial charge in [0.25, 0.3) is 0 Å². The van der Waals surface area contributed by atoms with E-state index in [-0.39, 0.29) is 0 Å². The molecule has 1 saturated carbocycles. The molecule has 0 bridgehead atoms. The van der Waals surface area contributed by atoms with Crippen LogP contribution in [0.3, 0.4) is 0 Å². The zero-order chi connectivity index (χ0) is 9.68. The van der Waals surface area contributed by atoms with Crippen molar-refractivity contribution in [3.63, 3.8) is 0 Å². The van der Waals surface area contributed by atoms with Crippen LogP contribution in [0.15, 0.2) is 0 Å². The molecule has 5 heteroatoms. The minimum Gasteiger partial charge on any atom is -0.448 e. The Morgan fingerprint density at radius 2 is 2.31 bits per heavy atom. The number of hydrogen-bond donors (Lipinski definition) is 3. The molecule has 76 valence electrons. The van der Waals surface area contributed by atoms with Crippen molar-refractivity contribution in [1.29, 1.82) is 0 Å². The van der Waals surface area contributed by atoms with Crippen LogP contribution in [0.2, 0.25) is 0 Å². The van der Waals surface area contributed by atoms with Gasteiger partial charge in [0.1, 0.15) is 6.61 Å². The second-order valence-electron chi connectivity index (χ2n) is 3.39. The lowest BCUT2D eigenvalue weighted by molar-refractivity contribution is 0.156. The van der Waals surface area contributed by atoms with Crippen molar-refractivity contribution < 1.29 is 9.53 Å². The minimum absolute atomic E-state index is 0.328. The van der Waals surface area contributed by atoms with Crippen LogP contribution in [0.4, 0.5) is 4.79 Å². The van der Waals surface area contributed by atoms with Crippen molar-refractivity contribution in [2.75, 3.05) is 13.2 Å². The van der Waals surface area contributed by atoms with Crippen molar-refractivity contribution in [3.05, 3.63) is 0 Å². The van der Waals surface area contributed by atoms with Crippen LogP contribution in [-0.4, -0.2) is 31.3 Å². The number of amides is 1.